The minimum absolute atomic E-state index is 0.0216. The fourth-order valence-electron chi connectivity index (χ4n) is 2.35. The van der Waals surface area contributed by atoms with Gasteiger partial charge in [0.15, 0.2) is 0 Å². The molecule has 1 aromatic carbocycles. The van der Waals surface area contributed by atoms with Crippen molar-refractivity contribution in [3.05, 3.63) is 28.8 Å². The van der Waals surface area contributed by atoms with Gasteiger partial charge in [0.2, 0.25) is 5.91 Å². The summed E-state index contributed by atoms with van der Waals surface area (Å²) in [6, 6.07) is 5.65. The molecule has 4 nitrogen and oxygen atoms in total. The van der Waals surface area contributed by atoms with Gasteiger partial charge in [0.05, 0.1) is 6.54 Å². The first-order valence-electron chi connectivity index (χ1n) is 6.49. The zero-order chi connectivity index (χ0) is 14.0. The third kappa shape index (κ3) is 3.69. The zero-order valence-corrected chi connectivity index (χ0v) is 12.1. The van der Waals surface area contributed by atoms with Crippen LogP contribution in [0.3, 0.4) is 0 Å². The molecule has 1 aliphatic heterocycles. The molecule has 0 aliphatic carbocycles. The molecule has 1 aromatic rings. The van der Waals surface area contributed by atoms with Crippen molar-refractivity contribution in [2.24, 2.45) is 11.7 Å². The van der Waals surface area contributed by atoms with Gasteiger partial charge in [-0.15, -0.1) is 0 Å². The molecule has 1 fully saturated rings. The minimum Gasteiger partial charge on any atom is -0.326 e. The van der Waals surface area contributed by atoms with Crippen LogP contribution in [-0.2, 0) is 4.79 Å². The number of amides is 1. The molecular weight excluding hydrogens is 262 g/mol. The number of benzene rings is 1. The Morgan fingerprint density at radius 1 is 1.53 bits per heavy atom. The number of likely N-dealkylation sites (tertiary alicyclic amines) is 1. The summed E-state index contributed by atoms with van der Waals surface area (Å²) in [6.45, 7) is 6.10. The molecule has 0 spiro atoms. The van der Waals surface area contributed by atoms with Gasteiger partial charge in [-0.1, -0.05) is 24.6 Å². The van der Waals surface area contributed by atoms with Gasteiger partial charge in [0.25, 0.3) is 0 Å². The van der Waals surface area contributed by atoms with E-state index in [0.717, 1.165) is 24.3 Å². The number of carbonyl (C=O) groups is 1. The maximum Gasteiger partial charge on any atom is 0.238 e. The number of nitrogens with two attached hydrogens (primary N) is 1. The van der Waals surface area contributed by atoms with Crippen LogP contribution in [0.15, 0.2) is 18.2 Å². The standard InChI is InChI=1S/C14H20ClN3O/c1-9-3-4-11(15)5-13(9)17-14(19)8-18-6-10(2)12(16)7-18/h3-5,10,12H,6-8,16H2,1-2H3,(H,17,19). The van der Waals surface area contributed by atoms with Gasteiger partial charge in [-0.2, -0.15) is 0 Å². The van der Waals surface area contributed by atoms with Crippen LogP contribution in [0.1, 0.15) is 12.5 Å². The van der Waals surface area contributed by atoms with Gasteiger partial charge < -0.3 is 11.1 Å². The second-order valence-corrected chi connectivity index (χ2v) is 5.78. The average molecular weight is 282 g/mol. The number of hydrogen-bond donors (Lipinski definition) is 2. The van der Waals surface area contributed by atoms with E-state index in [1.54, 1.807) is 6.07 Å². The van der Waals surface area contributed by atoms with Gasteiger partial charge in [0, 0.05) is 29.8 Å². The van der Waals surface area contributed by atoms with E-state index in [1.807, 2.05) is 19.1 Å². The zero-order valence-electron chi connectivity index (χ0n) is 11.3. The number of nitrogens with one attached hydrogen (secondary N) is 1. The van der Waals surface area contributed by atoms with Crippen LogP contribution >= 0.6 is 11.6 Å². The van der Waals surface area contributed by atoms with Crippen LogP contribution in [-0.4, -0.2) is 36.5 Å². The van der Waals surface area contributed by atoms with E-state index in [-0.39, 0.29) is 11.9 Å². The van der Waals surface area contributed by atoms with E-state index in [4.69, 9.17) is 17.3 Å². The molecular formula is C14H20ClN3O. The van der Waals surface area contributed by atoms with Crippen LogP contribution in [0.25, 0.3) is 0 Å². The van der Waals surface area contributed by atoms with Crippen molar-refractivity contribution >= 4 is 23.2 Å². The van der Waals surface area contributed by atoms with E-state index in [1.165, 1.54) is 0 Å². The summed E-state index contributed by atoms with van der Waals surface area (Å²) in [5.41, 5.74) is 7.73. The highest BCUT2D eigenvalue weighted by molar-refractivity contribution is 6.31. The summed E-state index contributed by atoms with van der Waals surface area (Å²) in [4.78, 5) is 14.1. The molecule has 5 heteroatoms. The third-order valence-corrected chi connectivity index (χ3v) is 3.82. The molecule has 1 heterocycles. The first kappa shape index (κ1) is 14.3. The van der Waals surface area contributed by atoms with Crippen molar-refractivity contribution in [3.63, 3.8) is 0 Å². The highest BCUT2D eigenvalue weighted by Crippen LogP contribution is 2.20. The van der Waals surface area contributed by atoms with Crippen LogP contribution < -0.4 is 11.1 Å². The molecule has 19 heavy (non-hydrogen) atoms. The Morgan fingerprint density at radius 3 is 2.89 bits per heavy atom. The topological polar surface area (TPSA) is 58.4 Å². The van der Waals surface area contributed by atoms with Gasteiger partial charge >= 0.3 is 0 Å². The normalized spacial score (nSPS) is 23.6. The second kappa shape index (κ2) is 5.90. The maximum atomic E-state index is 12.0. The van der Waals surface area contributed by atoms with Crippen molar-refractivity contribution in [3.8, 4) is 0 Å². The monoisotopic (exact) mass is 281 g/mol. The smallest absolute Gasteiger partial charge is 0.238 e. The number of carbonyl (C=O) groups excluding carboxylic acids is 1. The first-order chi connectivity index (χ1) is 8.95. The molecule has 104 valence electrons. The lowest BCUT2D eigenvalue weighted by atomic mass is 10.1. The van der Waals surface area contributed by atoms with E-state index < -0.39 is 0 Å². The summed E-state index contributed by atoms with van der Waals surface area (Å²) in [6.07, 6.45) is 0. The van der Waals surface area contributed by atoms with Crippen LogP contribution in [0, 0.1) is 12.8 Å². The Labute approximate surface area is 118 Å². The lowest BCUT2D eigenvalue weighted by Crippen LogP contribution is -2.33. The van der Waals surface area contributed by atoms with Gasteiger partial charge in [-0.3, -0.25) is 9.69 Å². The van der Waals surface area contributed by atoms with E-state index in [9.17, 15) is 4.79 Å². The number of aryl methyl sites for hydroxylation is 1. The summed E-state index contributed by atoms with van der Waals surface area (Å²) in [5.74, 6) is 0.423. The predicted octanol–water partition coefficient (Wildman–Crippen LogP) is 1.87. The van der Waals surface area contributed by atoms with E-state index >= 15 is 0 Å². The minimum atomic E-state index is -0.0216. The van der Waals surface area contributed by atoms with Gasteiger partial charge in [-0.25, -0.2) is 0 Å². The van der Waals surface area contributed by atoms with E-state index in [2.05, 4.69) is 17.1 Å². The van der Waals surface area contributed by atoms with Gasteiger partial charge in [0.1, 0.15) is 0 Å². The van der Waals surface area contributed by atoms with Crippen molar-refractivity contribution in [1.29, 1.82) is 0 Å². The first-order valence-corrected chi connectivity index (χ1v) is 6.87. The van der Waals surface area contributed by atoms with Crippen LogP contribution in [0.5, 0.6) is 0 Å². The molecule has 2 atom stereocenters. The molecule has 1 aliphatic rings. The third-order valence-electron chi connectivity index (χ3n) is 3.59. The molecule has 0 bridgehead atoms. The average Bonchev–Trinajstić information content (AvgIpc) is 2.63. The van der Waals surface area contributed by atoms with Gasteiger partial charge in [-0.05, 0) is 30.5 Å². The molecule has 1 saturated heterocycles. The number of rotatable bonds is 3. The Balaban J connectivity index is 1.93. The molecule has 0 radical (unpaired) electrons. The Hall–Kier alpha value is -1.10. The van der Waals surface area contributed by atoms with Crippen molar-refractivity contribution in [1.82, 2.24) is 4.90 Å². The fourth-order valence-corrected chi connectivity index (χ4v) is 2.52. The number of halogens is 1. The second-order valence-electron chi connectivity index (χ2n) is 5.34. The molecule has 2 unspecified atom stereocenters. The number of anilines is 1. The van der Waals surface area contributed by atoms with Crippen molar-refractivity contribution < 1.29 is 4.79 Å². The lowest BCUT2D eigenvalue weighted by molar-refractivity contribution is -0.117. The van der Waals surface area contributed by atoms with Crippen molar-refractivity contribution in [2.75, 3.05) is 25.0 Å². The largest absolute Gasteiger partial charge is 0.326 e. The van der Waals surface area contributed by atoms with Crippen molar-refractivity contribution in [2.45, 2.75) is 19.9 Å². The fraction of sp³-hybridized carbons (Fsp3) is 0.500. The number of nitrogens with zero attached hydrogens (tertiary/aromatic N) is 1. The summed E-state index contributed by atoms with van der Waals surface area (Å²) in [5, 5.41) is 3.52. The Bertz CT molecular complexity index is 468. The maximum absolute atomic E-state index is 12.0. The Kier molecular flexibility index (Phi) is 4.45. The van der Waals surface area contributed by atoms with Crippen LogP contribution in [0.4, 0.5) is 5.69 Å². The predicted molar refractivity (Wildman–Crippen MR) is 78.4 cm³/mol. The SMILES string of the molecule is Cc1ccc(Cl)cc1NC(=O)CN1CC(C)C(N)C1. The quantitative estimate of drug-likeness (QED) is 0.889. The molecule has 0 saturated carbocycles. The molecule has 3 N–H and O–H groups in total. The number of hydrogen-bond acceptors (Lipinski definition) is 3. The summed E-state index contributed by atoms with van der Waals surface area (Å²) in [7, 11) is 0. The Morgan fingerprint density at radius 2 is 2.26 bits per heavy atom. The highest BCUT2D eigenvalue weighted by atomic mass is 35.5. The molecule has 0 aromatic heterocycles. The summed E-state index contributed by atoms with van der Waals surface area (Å²) < 4.78 is 0. The summed E-state index contributed by atoms with van der Waals surface area (Å²) >= 11 is 5.93. The molecule has 2 rings (SSSR count). The van der Waals surface area contributed by atoms with E-state index in [0.29, 0.717) is 17.5 Å². The molecule has 1 amide bonds. The lowest BCUT2D eigenvalue weighted by Gasteiger charge is -2.15. The highest BCUT2D eigenvalue weighted by Gasteiger charge is 2.27. The van der Waals surface area contributed by atoms with Crippen LogP contribution in [0.2, 0.25) is 5.02 Å².